The van der Waals surface area contributed by atoms with Gasteiger partial charge in [0.05, 0.1) is 12.5 Å². The maximum Gasteiger partial charge on any atom is 0.257 e. The number of aliphatic hydroxyl groups excluding tert-OH is 1. The first-order valence-corrected chi connectivity index (χ1v) is 7.69. The molecule has 2 N–H and O–H groups in total. The van der Waals surface area contributed by atoms with Gasteiger partial charge in [0.15, 0.2) is 0 Å². The van der Waals surface area contributed by atoms with Crippen molar-refractivity contribution >= 4 is 22.6 Å². The van der Waals surface area contributed by atoms with Crippen LogP contribution in [0.2, 0.25) is 0 Å². The summed E-state index contributed by atoms with van der Waals surface area (Å²) in [6.07, 6.45) is -1.13. The summed E-state index contributed by atoms with van der Waals surface area (Å²) in [6, 6.07) is 21.8. The Balaban J connectivity index is 1.66. The van der Waals surface area contributed by atoms with Gasteiger partial charge in [0, 0.05) is 5.56 Å². The van der Waals surface area contributed by atoms with Gasteiger partial charge in [0.2, 0.25) is 5.91 Å². The summed E-state index contributed by atoms with van der Waals surface area (Å²) in [4.78, 5) is 23.9. The molecule has 0 aliphatic carbocycles. The Hall–Kier alpha value is -2.98. The quantitative estimate of drug-likeness (QED) is 0.776. The number of hydrogen-bond acceptors (Lipinski definition) is 3. The summed E-state index contributed by atoms with van der Waals surface area (Å²) in [5, 5.41) is 14.6. The Morgan fingerprint density at radius 3 is 2.29 bits per heavy atom. The number of imide groups is 1. The summed E-state index contributed by atoms with van der Waals surface area (Å²) < 4.78 is 0. The van der Waals surface area contributed by atoms with E-state index in [1.165, 1.54) is 0 Å². The molecule has 3 aromatic carbocycles. The van der Waals surface area contributed by atoms with E-state index in [9.17, 15) is 14.7 Å². The third-order valence-electron chi connectivity index (χ3n) is 3.83. The van der Waals surface area contributed by atoms with Gasteiger partial charge in [-0.2, -0.15) is 0 Å². The van der Waals surface area contributed by atoms with Crippen LogP contribution >= 0.6 is 0 Å². The Bertz CT molecular complexity index is 874. The van der Waals surface area contributed by atoms with E-state index in [1.807, 2.05) is 36.4 Å². The number of carbonyl (C=O) groups is 2. The predicted molar refractivity (Wildman–Crippen MR) is 92.4 cm³/mol. The lowest BCUT2D eigenvalue weighted by Crippen LogP contribution is -2.31. The number of carbonyl (C=O) groups excluding carboxylic acids is 2. The number of amides is 2. The molecule has 3 aromatic rings. The first-order valence-electron chi connectivity index (χ1n) is 7.69. The number of hydrogen-bond donors (Lipinski definition) is 2. The summed E-state index contributed by atoms with van der Waals surface area (Å²) in [7, 11) is 0. The standard InChI is InChI=1S/C20H17NO3/c22-18(17-11-10-14-6-4-5-9-16(14)12-17)13-19(23)21-20(24)15-7-2-1-3-8-15/h1-12,18,22H,13H2,(H,21,23,24). The molecule has 1 unspecified atom stereocenters. The maximum atomic E-state index is 12.0. The second kappa shape index (κ2) is 7.06. The van der Waals surface area contributed by atoms with Crippen LogP contribution in [0.4, 0.5) is 0 Å². The largest absolute Gasteiger partial charge is 0.388 e. The van der Waals surface area contributed by atoms with Crippen LogP contribution in [0.5, 0.6) is 0 Å². The Morgan fingerprint density at radius 2 is 1.54 bits per heavy atom. The van der Waals surface area contributed by atoms with Crippen molar-refractivity contribution in [1.82, 2.24) is 5.32 Å². The molecule has 0 saturated heterocycles. The Morgan fingerprint density at radius 1 is 0.875 bits per heavy atom. The van der Waals surface area contributed by atoms with Crippen molar-refractivity contribution in [3.05, 3.63) is 83.9 Å². The van der Waals surface area contributed by atoms with Gasteiger partial charge in [0.25, 0.3) is 5.91 Å². The zero-order chi connectivity index (χ0) is 16.9. The SMILES string of the molecule is O=C(CC(O)c1ccc2ccccc2c1)NC(=O)c1ccccc1. The Labute approximate surface area is 139 Å². The van der Waals surface area contributed by atoms with E-state index in [-0.39, 0.29) is 6.42 Å². The second-order valence-corrected chi connectivity index (χ2v) is 5.57. The molecule has 0 aromatic heterocycles. The number of benzene rings is 3. The minimum absolute atomic E-state index is 0.170. The fraction of sp³-hybridized carbons (Fsp3) is 0.100. The van der Waals surface area contributed by atoms with Crippen LogP contribution in [0.25, 0.3) is 10.8 Å². The van der Waals surface area contributed by atoms with Crippen molar-refractivity contribution in [2.24, 2.45) is 0 Å². The van der Waals surface area contributed by atoms with E-state index in [0.29, 0.717) is 11.1 Å². The molecular formula is C20H17NO3. The van der Waals surface area contributed by atoms with Crippen LogP contribution < -0.4 is 5.32 Å². The van der Waals surface area contributed by atoms with Gasteiger partial charge < -0.3 is 5.11 Å². The first kappa shape index (κ1) is 15.9. The fourth-order valence-electron chi connectivity index (χ4n) is 2.55. The zero-order valence-electron chi connectivity index (χ0n) is 13.0. The van der Waals surface area contributed by atoms with E-state index in [2.05, 4.69) is 5.32 Å². The normalized spacial score (nSPS) is 11.9. The molecule has 24 heavy (non-hydrogen) atoms. The highest BCUT2D eigenvalue weighted by Gasteiger charge is 2.16. The van der Waals surface area contributed by atoms with E-state index >= 15 is 0 Å². The summed E-state index contributed by atoms with van der Waals surface area (Å²) in [6.45, 7) is 0. The van der Waals surface area contributed by atoms with Crippen molar-refractivity contribution in [1.29, 1.82) is 0 Å². The molecule has 0 aliphatic rings. The van der Waals surface area contributed by atoms with Gasteiger partial charge in [-0.25, -0.2) is 0 Å². The lowest BCUT2D eigenvalue weighted by atomic mass is 10.0. The highest BCUT2D eigenvalue weighted by Crippen LogP contribution is 2.22. The van der Waals surface area contributed by atoms with Gasteiger partial charge >= 0.3 is 0 Å². The monoisotopic (exact) mass is 319 g/mol. The van der Waals surface area contributed by atoms with E-state index < -0.39 is 17.9 Å². The number of fused-ring (bicyclic) bond motifs is 1. The third kappa shape index (κ3) is 3.67. The maximum absolute atomic E-state index is 12.0. The minimum Gasteiger partial charge on any atom is -0.388 e. The topological polar surface area (TPSA) is 66.4 Å². The smallest absolute Gasteiger partial charge is 0.257 e. The average molecular weight is 319 g/mol. The van der Waals surface area contributed by atoms with Crippen molar-refractivity contribution < 1.29 is 14.7 Å². The minimum atomic E-state index is -0.960. The van der Waals surface area contributed by atoms with Gasteiger partial charge in [-0.15, -0.1) is 0 Å². The lowest BCUT2D eigenvalue weighted by Gasteiger charge is -2.12. The molecule has 0 heterocycles. The molecule has 1 atom stereocenters. The van der Waals surface area contributed by atoms with Gasteiger partial charge in [-0.3, -0.25) is 14.9 Å². The van der Waals surface area contributed by atoms with Crippen LogP contribution in [0, 0.1) is 0 Å². The second-order valence-electron chi connectivity index (χ2n) is 5.57. The molecule has 0 aliphatic heterocycles. The number of aliphatic hydroxyl groups is 1. The van der Waals surface area contributed by atoms with Gasteiger partial charge in [-0.1, -0.05) is 54.6 Å². The molecule has 0 spiro atoms. The van der Waals surface area contributed by atoms with Crippen molar-refractivity contribution in [3.8, 4) is 0 Å². The molecule has 0 bridgehead atoms. The van der Waals surface area contributed by atoms with E-state index in [1.54, 1.807) is 36.4 Å². The molecule has 2 amide bonds. The molecule has 0 fully saturated rings. The van der Waals surface area contributed by atoms with Crippen LogP contribution in [0.1, 0.15) is 28.4 Å². The lowest BCUT2D eigenvalue weighted by molar-refractivity contribution is -0.122. The van der Waals surface area contributed by atoms with Crippen molar-refractivity contribution in [2.45, 2.75) is 12.5 Å². The number of rotatable bonds is 4. The molecule has 120 valence electrons. The molecule has 0 radical (unpaired) electrons. The summed E-state index contributed by atoms with van der Waals surface area (Å²) in [5.41, 5.74) is 1.06. The average Bonchev–Trinajstić information content (AvgIpc) is 2.61. The van der Waals surface area contributed by atoms with Crippen molar-refractivity contribution in [3.63, 3.8) is 0 Å². The first-order chi connectivity index (χ1) is 11.6. The summed E-state index contributed by atoms with van der Waals surface area (Å²) >= 11 is 0. The highest BCUT2D eigenvalue weighted by atomic mass is 16.3. The number of nitrogens with one attached hydrogen (secondary N) is 1. The predicted octanol–water partition coefficient (Wildman–Crippen LogP) is 3.22. The van der Waals surface area contributed by atoms with Crippen molar-refractivity contribution in [2.75, 3.05) is 0 Å². The van der Waals surface area contributed by atoms with E-state index in [4.69, 9.17) is 0 Å². The summed E-state index contributed by atoms with van der Waals surface area (Å²) in [5.74, 6) is -0.976. The van der Waals surface area contributed by atoms with E-state index in [0.717, 1.165) is 10.8 Å². The van der Waals surface area contributed by atoms with Crippen LogP contribution in [0.3, 0.4) is 0 Å². The third-order valence-corrected chi connectivity index (χ3v) is 3.83. The fourth-order valence-corrected chi connectivity index (χ4v) is 2.55. The van der Waals surface area contributed by atoms with Crippen LogP contribution in [-0.4, -0.2) is 16.9 Å². The molecule has 0 saturated carbocycles. The molecule has 4 heteroatoms. The van der Waals surface area contributed by atoms with Crippen LogP contribution in [-0.2, 0) is 4.79 Å². The van der Waals surface area contributed by atoms with Crippen LogP contribution in [0.15, 0.2) is 72.8 Å². The van der Waals surface area contributed by atoms with Gasteiger partial charge in [0.1, 0.15) is 0 Å². The molecule has 3 rings (SSSR count). The van der Waals surface area contributed by atoms with Gasteiger partial charge in [-0.05, 0) is 34.5 Å². The zero-order valence-corrected chi connectivity index (χ0v) is 13.0. The molecular weight excluding hydrogens is 302 g/mol. The highest BCUT2D eigenvalue weighted by molar-refractivity contribution is 6.04. The molecule has 4 nitrogen and oxygen atoms in total. The Kier molecular flexibility index (Phi) is 4.68.